The third kappa shape index (κ3) is 10.3. The minimum Gasteiger partial charge on any atom is -0.323 e. The summed E-state index contributed by atoms with van der Waals surface area (Å²) >= 11 is 0. The van der Waals surface area contributed by atoms with Gasteiger partial charge in [0.2, 0.25) is 0 Å². The molecule has 1 heteroatoms. The molecule has 124 valence electrons. The van der Waals surface area contributed by atoms with Gasteiger partial charge in [0.25, 0.3) is 0 Å². The second-order valence-electron chi connectivity index (χ2n) is 5.22. The molecule has 1 aliphatic rings. The van der Waals surface area contributed by atoms with E-state index in [-0.39, 0.29) is 5.41 Å². The molecule has 0 fully saturated rings. The molecule has 0 amide bonds. The molecule has 0 saturated carbocycles. The quantitative estimate of drug-likeness (QED) is 0.597. The van der Waals surface area contributed by atoms with Crippen molar-refractivity contribution in [3.63, 3.8) is 0 Å². The lowest BCUT2D eigenvalue weighted by Crippen LogP contribution is -2.03. The monoisotopic (exact) mass is 293 g/mol. The third-order valence-electron chi connectivity index (χ3n) is 2.80. The molecule has 1 nitrogen and oxygen atoms in total. The maximum Gasteiger partial charge on any atom is 0.00161 e. The second kappa shape index (κ2) is 13.9. The highest BCUT2D eigenvalue weighted by Crippen LogP contribution is 2.33. The van der Waals surface area contributed by atoms with Gasteiger partial charge in [0.15, 0.2) is 0 Å². The van der Waals surface area contributed by atoms with Gasteiger partial charge in [-0.15, -0.1) is 0 Å². The van der Waals surface area contributed by atoms with Gasteiger partial charge in [-0.05, 0) is 51.6 Å². The number of nitrogens with one attached hydrogen (secondary N) is 1. The van der Waals surface area contributed by atoms with Crippen LogP contribution >= 0.6 is 0 Å². The van der Waals surface area contributed by atoms with Crippen molar-refractivity contribution in [1.82, 2.24) is 5.32 Å². The Bertz CT molecular complexity index is 365. The summed E-state index contributed by atoms with van der Waals surface area (Å²) in [5, 5.41) is 2.75. The van der Waals surface area contributed by atoms with E-state index in [2.05, 4.69) is 58.7 Å². The zero-order chi connectivity index (χ0) is 17.6. The van der Waals surface area contributed by atoms with Crippen molar-refractivity contribution in [2.75, 3.05) is 14.1 Å². The summed E-state index contributed by atoms with van der Waals surface area (Å²) < 4.78 is 0. The Morgan fingerprint density at radius 3 is 1.57 bits per heavy atom. The summed E-state index contributed by atoms with van der Waals surface area (Å²) in [7, 11) is 3.75. The molecule has 0 aromatic rings. The summed E-state index contributed by atoms with van der Waals surface area (Å²) in [5.74, 6) is 0. The summed E-state index contributed by atoms with van der Waals surface area (Å²) in [5.41, 5.74) is 5.47. The molecule has 0 unspecified atom stereocenters. The standard InChI is InChI=1S/C14H20.C2H7N.2C2H6/c1-7-13-11(3)9-14(5,6)8-10(2)12(13)4;1-3-2;2*1-2/h7-9H,1H2,2-6H3;3H,1-2H3;2*1-2H3. The molecule has 0 aromatic heterocycles. The van der Waals surface area contributed by atoms with Crippen LogP contribution in [0, 0.1) is 5.41 Å². The summed E-state index contributed by atoms with van der Waals surface area (Å²) in [6.07, 6.45) is 6.59. The van der Waals surface area contributed by atoms with Crippen molar-refractivity contribution in [2.24, 2.45) is 5.41 Å². The lowest BCUT2D eigenvalue weighted by Gasteiger charge is -2.15. The molecular weight excluding hydrogens is 254 g/mol. The molecule has 0 radical (unpaired) electrons. The third-order valence-corrected chi connectivity index (χ3v) is 2.80. The largest absolute Gasteiger partial charge is 0.323 e. The number of hydrogen-bond donors (Lipinski definition) is 1. The molecule has 0 spiro atoms. The molecule has 1 aliphatic carbocycles. The molecule has 21 heavy (non-hydrogen) atoms. The van der Waals surface area contributed by atoms with E-state index in [9.17, 15) is 0 Å². The summed E-state index contributed by atoms with van der Waals surface area (Å²) in [6.45, 7) is 22.9. The van der Waals surface area contributed by atoms with Gasteiger partial charge in [0.1, 0.15) is 0 Å². The Kier molecular flexibility index (Phi) is 16.5. The first-order valence-corrected chi connectivity index (χ1v) is 8.10. The predicted molar refractivity (Wildman–Crippen MR) is 102 cm³/mol. The summed E-state index contributed by atoms with van der Waals surface area (Å²) in [6, 6.07) is 0. The lowest BCUT2D eigenvalue weighted by molar-refractivity contribution is 0.619. The average molecular weight is 294 g/mol. The van der Waals surface area contributed by atoms with Crippen molar-refractivity contribution >= 4 is 0 Å². The van der Waals surface area contributed by atoms with Crippen LogP contribution in [0.5, 0.6) is 0 Å². The van der Waals surface area contributed by atoms with Gasteiger partial charge < -0.3 is 5.32 Å². The molecule has 0 aromatic carbocycles. The highest BCUT2D eigenvalue weighted by atomic mass is 14.7. The van der Waals surface area contributed by atoms with E-state index in [1.165, 1.54) is 22.3 Å². The van der Waals surface area contributed by atoms with E-state index in [0.717, 1.165) is 0 Å². The fourth-order valence-electron chi connectivity index (χ4n) is 2.17. The van der Waals surface area contributed by atoms with Crippen LogP contribution in [-0.4, -0.2) is 14.1 Å². The summed E-state index contributed by atoms with van der Waals surface area (Å²) in [4.78, 5) is 0. The van der Waals surface area contributed by atoms with Gasteiger partial charge in [-0.1, -0.05) is 71.9 Å². The average Bonchev–Trinajstić information content (AvgIpc) is 2.50. The number of allylic oxidation sites excluding steroid dienone is 7. The Morgan fingerprint density at radius 2 is 1.24 bits per heavy atom. The Labute approximate surface area is 134 Å². The first-order chi connectivity index (χ1) is 9.79. The molecule has 0 aliphatic heterocycles. The van der Waals surface area contributed by atoms with E-state index in [4.69, 9.17) is 0 Å². The molecule has 0 atom stereocenters. The maximum absolute atomic E-state index is 3.88. The Morgan fingerprint density at radius 1 is 0.905 bits per heavy atom. The van der Waals surface area contributed by atoms with Gasteiger partial charge >= 0.3 is 0 Å². The van der Waals surface area contributed by atoms with Gasteiger partial charge in [-0.25, -0.2) is 0 Å². The van der Waals surface area contributed by atoms with Crippen molar-refractivity contribution in [1.29, 1.82) is 0 Å². The van der Waals surface area contributed by atoms with Crippen molar-refractivity contribution < 1.29 is 0 Å². The number of hydrogen-bond acceptors (Lipinski definition) is 1. The smallest absolute Gasteiger partial charge is 0.00161 e. The van der Waals surface area contributed by atoms with E-state index in [0.29, 0.717) is 0 Å². The highest BCUT2D eigenvalue weighted by molar-refractivity contribution is 5.51. The first-order valence-electron chi connectivity index (χ1n) is 8.10. The maximum atomic E-state index is 3.88. The van der Waals surface area contributed by atoms with Crippen LogP contribution in [0.25, 0.3) is 0 Å². The molecule has 0 saturated heterocycles. The van der Waals surface area contributed by atoms with Gasteiger partial charge in [0.05, 0.1) is 0 Å². The minimum absolute atomic E-state index is 0.153. The van der Waals surface area contributed by atoms with Crippen molar-refractivity contribution in [2.45, 2.75) is 62.3 Å². The predicted octanol–water partition coefficient (Wildman–Crippen LogP) is 6.31. The fraction of sp³-hybridized carbons (Fsp3) is 0.600. The molecule has 1 N–H and O–H groups in total. The van der Waals surface area contributed by atoms with Crippen molar-refractivity contribution in [3.8, 4) is 0 Å². The molecule has 0 heterocycles. The van der Waals surface area contributed by atoms with Crippen LogP contribution in [0.15, 0.2) is 47.1 Å². The SMILES string of the molecule is C=CC1=C(C)C(C)=CC(C)(C)C=C1C.CC.CC.CNC. The molecule has 0 bridgehead atoms. The topological polar surface area (TPSA) is 12.0 Å². The van der Waals surface area contributed by atoms with E-state index in [1.54, 1.807) is 0 Å². The Balaban J connectivity index is -0.000000399. The van der Waals surface area contributed by atoms with Crippen LogP contribution in [0.2, 0.25) is 0 Å². The van der Waals surface area contributed by atoms with Crippen LogP contribution in [0.3, 0.4) is 0 Å². The zero-order valence-electron chi connectivity index (χ0n) is 16.4. The second-order valence-corrected chi connectivity index (χ2v) is 5.22. The molecule has 1 rings (SSSR count). The van der Waals surface area contributed by atoms with Crippen LogP contribution in [-0.2, 0) is 0 Å². The Hall–Kier alpha value is -1.08. The van der Waals surface area contributed by atoms with Crippen LogP contribution < -0.4 is 5.32 Å². The zero-order valence-corrected chi connectivity index (χ0v) is 16.4. The lowest BCUT2D eigenvalue weighted by atomic mass is 9.90. The van der Waals surface area contributed by atoms with Gasteiger partial charge in [0, 0.05) is 5.41 Å². The minimum atomic E-state index is 0.153. The van der Waals surface area contributed by atoms with E-state index < -0.39 is 0 Å². The highest BCUT2D eigenvalue weighted by Gasteiger charge is 2.17. The normalized spacial score (nSPS) is 15.6. The van der Waals surface area contributed by atoms with Crippen LogP contribution in [0.4, 0.5) is 0 Å². The fourth-order valence-corrected chi connectivity index (χ4v) is 2.17. The molecular formula is C20H39N. The van der Waals surface area contributed by atoms with Gasteiger partial charge in [-0.2, -0.15) is 0 Å². The first kappa shape index (κ1) is 24.9. The van der Waals surface area contributed by atoms with Gasteiger partial charge in [-0.3, -0.25) is 0 Å². The van der Waals surface area contributed by atoms with E-state index in [1.807, 2.05) is 47.9 Å². The number of rotatable bonds is 1. The van der Waals surface area contributed by atoms with E-state index >= 15 is 0 Å². The van der Waals surface area contributed by atoms with Crippen molar-refractivity contribution in [3.05, 3.63) is 47.1 Å². The van der Waals surface area contributed by atoms with Crippen LogP contribution in [0.1, 0.15) is 62.3 Å².